The van der Waals surface area contributed by atoms with Gasteiger partial charge < -0.3 is 4.74 Å². The second-order valence-corrected chi connectivity index (χ2v) is 3.08. The molecule has 1 aromatic rings. The van der Waals surface area contributed by atoms with Crippen LogP contribution in [-0.4, -0.2) is 19.4 Å². The summed E-state index contributed by atoms with van der Waals surface area (Å²) in [5.41, 5.74) is 1.33. The molecule has 0 saturated carbocycles. The third-order valence-electron chi connectivity index (χ3n) is 1.72. The third kappa shape index (κ3) is 4.65. The zero-order valence-corrected chi connectivity index (χ0v) is 8.05. The molecule has 0 heterocycles. The summed E-state index contributed by atoms with van der Waals surface area (Å²) in [6.45, 7) is 2.31. The number of benzene rings is 1. The van der Waals surface area contributed by atoms with Gasteiger partial charge in [-0.2, -0.15) is 13.2 Å². The molecule has 15 heavy (non-hydrogen) atoms. The molecule has 0 bridgehead atoms. The Hall–Kier alpha value is -1.29. The number of rotatable bonds is 4. The SMILES string of the molecule is C=C(COCC(F)(F)F)c1ccccc1. The molecule has 0 radical (unpaired) electrons. The second-order valence-electron chi connectivity index (χ2n) is 3.08. The molecule has 0 saturated heterocycles. The first kappa shape index (κ1) is 11.8. The molecule has 0 aliphatic heterocycles. The summed E-state index contributed by atoms with van der Waals surface area (Å²) >= 11 is 0. The molecule has 4 heteroatoms. The molecular weight excluding hydrogens is 205 g/mol. The molecule has 0 unspecified atom stereocenters. The van der Waals surface area contributed by atoms with Crippen LogP contribution in [0.3, 0.4) is 0 Å². The molecule has 1 rings (SSSR count). The van der Waals surface area contributed by atoms with Crippen LogP contribution in [-0.2, 0) is 4.74 Å². The van der Waals surface area contributed by atoms with Crippen molar-refractivity contribution >= 4 is 5.57 Å². The predicted octanol–water partition coefficient (Wildman–Crippen LogP) is 3.28. The van der Waals surface area contributed by atoms with Gasteiger partial charge in [-0.25, -0.2) is 0 Å². The van der Waals surface area contributed by atoms with Crippen molar-refractivity contribution in [2.75, 3.05) is 13.2 Å². The smallest absolute Gasteiger partial charge is 0.367 e. The van der Waals surface area contributed by atoms with Gasteiger partial charge in [0.2, 0.25) is 0 Å². The lowest BCUT2D eigenvalue weighted by Crippen LogP contribution is -2.17. The van der Waals surface area contributed by atoms with E-state index in [4.69, 9.17) is 0 Å². The Morgan fingerprint density at radius 1 is 1.20 bits per heavy atom. The number of ether oxygens (including phenoxy) is 1. The van der Waals surface area contributed by atoms with Gasteiger partial charge in [0.05, 0.1) is 6.61 Å². The van der Waals surface area contributed by atoms with Gasteiger partial charge in [0.15, 0.2) is 0 Å². The van der Waals surface area contributed by atoms with Gasteiger partial charge in [0, 0.05) is 0 Å². The zero-order chi connectivity index (χ0) is 11.3. The van der Waals surface area contributed by atoms with Crippen LogP contribution in [0, 0.1) is 0 Å². The number of hydrogen-bond donors (Lipinski definition) is 0. The zero-order valence-electron chi connectivity index (χ0n) is 8.05. The Morgan fingerprint density at radius 3 is 2.33 bits per heavy atom. The largest absolute Gasteiger partial charge is 0.411 e. The Labute approximate surface area is 86.2 Å². The van der Waals surface area contributed by atoms with Crippen LogP contribution in [0.15, 0.2) is 36.9 Å². The molecule has 82 valence electrons. The lowest BCUT2D eigenvalue weighted by Gasteiger charge is -2.09. The molecule has 1 nitrogen and oxygen atoms in total. The first-order chi connectivity index (χ1) is 6.99. The topological polar surface area (TPSA) is 9.23 Å². The highest BCUT2D eigenvalue weighted by Gasteiger charge is 2.27. The van der Waals surface area contributed by atoms with Crippen LogP contribution in [0.5, 0.6) is 0 Å². The molecule has 1 aromatic carbocycles. The minimum Gasteiger partial charge on any atom is -0.367 e. The van der Waals surface area contributed by atoms with Crippen molar-refractivity contribution in [1.29, 1.82) is 0 Å². The van der Waals surface area contributed by atoms with E-state index in [1.54, 1.807) is 24.3 Å². The maximum Gasteiger partial charge on any atom is 0.411 e. The number of halogens is 3. The van der Waals surface area contributed by atoms with Gasteiger partial charge in [-0.1, -0.05) is 36.9 Å². The average Bonchev–Trinajstić information content (AvgIpc) is 2.17. The van der Waals surface area contributed by atoms with E-state index in [-0.39, 0.29) is 6.61 Å². The van der Waals surface area contributed by atoms with Crippen LogP contribution in [0.2, 0.25) is 0 Å². The quantitative estimate of drug-likeness (QED) is 0.750. The van der Waals surface area contributed by atoms with Crippen LogP contribution >= 0.6 is 0 Å². The van der Waals surface area contributed by atoms with Crippen LogP contribution in [0.4, 0.5) is 13.2 Å². The molecule has 0 atom stereocenters. The van der Waals surface area contributed by atoms with E-state index < -0.39 is 12.8 Å². The third-order valence-corrected chi connectivity index (χ3v) is 1.72. The predicted molar refractivity (Wildman–Crippen MR) is 52.4 cm³/mol. The van der Waals surface area contributed by atoms with Gasteiger partial charge in [-0.15, -0.1) is 0 Å². The van der Waals surface area contributed by atoms with Crippen molar-refractivity contribution in [3.8, 4) is 0 Å². The molecule has 0 N–H and O–H groups in total. The Kier molecular flexibility index (Phi) is 3.91. The molecule has 0 amide bonds. The maximum absolute atomic E-state index is 11.8. The van der Waals surface area contributed by atoms with E-state index in [1.807, 2.05) is 6.07 Å². The lowest BCUT2D eigenvalue weighted by atomic mass is 10.1. The van der Waals surface area contributed by atoms with Gasteiger partial charge in [0.1, 0.15) is 6.61 Å². The van der Waals surface area contributed by atoms with Crippen LogP contribution in [0.25, 0.3) is 5.57 Å². The summed E-state index contributed by atoms with van der Waals surface area (Å²) in [5, 5.41) is 0. The number of hydrogen-bond acceptors (Lipinski definition) is 1. The fourth-order valence-corrected chi connectivity index (χ4v) is 1.05. The van der Waals surface area contributed by atoms with E-state index in [1.165, 1.54) is 0 Å². The molecule has 0 fully saturated rings. The van der Waals surface area contributed by atoms with E-state index >= 15 is 0 Å². The maximum atomic E-state index is 11.8. The molecular formula is C11H11F3O. The standard InChI is InChI=1S/C11H11F3O/c1-9(7-15-8-11(12,13)14)10-5-3-2-4-6-10/h2-6H,1,7-8H2. The van der Waals surface area contributed by atoms with E-state index in [9.17, 15) is 13.2 Å². The van der Waals surface area contributed by atoms with E-state index in [2.05, 4.69) is 11.3 Å². The highest BCUT2D eigenvalue weighted by atomic mass is 19.4. The van der Waals surface area contributed by atoms with Crippen molar-refractivity contribution in [3.05, 3.63) is 42.5 Å². The summed E-state index contributed by atoms with van der Waals surface area (Å²) in [7, 11) is 0. The van der Waals surface area contributed by atoms with Crippen molar-refractivity contribution in [3.63, 3.8) is 0 Å². The van der Waals surface area contributed by atoms with Gasteiger partial charge in [-0.3, -0.25) is 0 Å². The van der Waals surface area contributed by atoms with E-state index in [0.29, 0.717) is 5.57 Å². The summed E-state index contributed by atoms with van der Waals surface area (Å²) in [4.78, 5) is 0. The normalized spacial score (nSPS) is 11.4. The van der Waals surface area contributed by atoms with Crippen LogP contribution in [0.1, 0.15) is 5.56 Å². The van der Waals surface area contributed by atoms with E-state index in [0.717, 1.165) is 5.56 Å². The fourth-order valence-electron chi connectivity index (χ4n) is 1.05. The Balaban J connectivity index is 2.38. The first-order valence-electron chi connectivity index (χ1n) is 4.37. The second kappa shape index (κ2) is 4.98. The van der Waals surface area contributed by atoms with Crippen LogP contribution < -0.4 is 0 Å². The minimum atomic E-state index is -4.28. The van der Waals surface area contributed by atoms with Gasteiger partial charge >= 0.3 is 6.18 Å². The van der Waals surface area contributed by atoms with Crippen molar-refractivity contribution in [1.82, 2.24) is 0 Å². The first-order valence-corrected chi connectivity index (χ1v) is 4.37. The highest BCUT2D eigenvalue weighted by Crippen LogP contribution is 2.17. The van der Waals surface area contributed by atoms with Crippen molar-refractivity contribution < 1.29 is 17.9 Å². The summed E-state index contributed by atoms with van der Waals surface area (Å²) in [6.07, 6.45) is -4.28. The Morgan fingerprint density at radius 2 is 1.80 bits per heavy atom. The molecule has 0 spiro atoms. The van der Waals surface area contributed by atoms with Crippen molar-refractivity contribution in [2.24, 2.45) is 0 Å². The van der Waals surface area contributed by atoms with Gasteiger partial charge in [0.25, 0.3) is 0 Å². The molecule has 0 aromatic heterocycles. The monoisotopic (exact) mass is 216 g/mol. The minimum absolute atomic E-state index is 0.108. The summed E-state index contributed by atoms with van der Waals surface area (Å²) in [6, 6.07) is 8.97. The Bertz CT molecular complexity index is 316. The molecule has 0 aliphatic rings. The summed E-state index contributed by atoms with van der Waals surface area (Å²) in [5.74, 6) is 0. The van der Waals surface area contributed by atoms with Gasteiger partial charge in [-0.05, 0) is 11.1 Å². The lowest BCUT2D eigenvalue weighted by molar-refractivity contribution is -0.170. The summed E-state index contributed by atoms with van der Waals surface area (Å²) < 4.78 is 39.8. The number of alkyl halides is 3. The average molecular weight is 216 g/mol. The highest BCUT2D eigenvalue weighted by molar-refractivity contribution is 5.63. The molecule has 0 aliphatic carbocycles. The fraction of sp³-hybridized carbons (Fsp3) is 0.273. The van der Waals surface area contributed by atoms with Crippen molar-refractivity contribution in [2.45, 2.75) is 6.18 Å².